The molecule has 0 aliphatic carbocycles. The van der Waals surface area contributed by atoms with Gasteiger partial charge in [0.1, 0.15) is 0 Å². The second kappa shape index (κ2) is 9.34. The molecule has 0 saturated carbocycles. The normalized spacial score (nSPS) is 14.3. The van der Waals surface area contributed by atoms with Crippen molar-refractivity contribution >= 4 is 21.9 Å². The minimum absolute atomic E-state index is 0. The zero-order valence-corrected chi connectivity index (χ0v) is 13.9. The van der Waals surface area contributed by atoms with E-state index in [-0.39, 0.29) is 12.1 Å². The minimum atomic E-state index is -4.08. The third-order valence-corrected chi connectivity index (χ3v) is 3.61. The molecule has 5 N–H and O–H groups in total. The molecule has 2 amide bonds. The van der Waals surface area contributed by atoms with E-state index in [1.807, 2.05) is 0 Å². The van der Waals surface area contributed by atoms with Crippen LogP contribution >= 0.6 is 0 Å². The van der Waals surface area contributed by atoms with E-state index in [4.69, 9.17) is 4.55 Å². The average molecular weight is 335 g/mol. The van der Waals surface area contributed by atoms with Gasteiger partial charge in [-0.2, -0.15) is 8.42 Å². The van der Waals surface area contributed by atoms with Gasteiger partial charge in [0.15, 0.2) is 0 Å². The van der Waals surface area contributed by atoms with Crippen LogP contribution < -0.4 is 11.5 Å². The number of amides is 2. The van der Waals surface area contributed by atoms with Crippen molar-refractivity contribution in [2.75, 3.05) is 12.3 Å². The van der Waals surface area contributed by atoms with E-state index in [0.29, 0.717) is 6.42 Å². The summed E-state index contributed by atoms with van der Waals surface area (Å²) >= 11 is 0. The van der Waals surface area contributed by atoms with Crippen LogP contribution in [0.15, 0.2) is 25.4 Å². The summed E-state index contributed by atoms with van der Waals surface area (Å²) in [6, 6.07) is 0. The van der Waals surface area contributed by atoms with Crippen molar-refractivity contribution in [3.8, 4) is 0 Å². The van der Waals surface area contributed by atoms with E-state index in [0.717, 1.165) is 19.0 Å². The van der Waals surface area contributed by atoms with Crippen LogP contribution in [0, 0.1) is 0 Å². The lowest BCUT2D eigenvalue weighted by molar-refractivity contribution is -0.125. The molecule has 0 aromatic carbocycles. The lowest BCUT2D eigenvalue weighted by Gasteiger charge is -2.23. The zero-order chi connectivity index (χ0) is 16.7. The number of carbonyl (C=O) groups excluding carboxylic acids is 2. The molecule has 0 spiro atoms. The molecular weight excluding hydrogens is 310 g/mol. The number of rotatable bonds is 5. The first-order valence-electron chi connectivity index (χ1n) is 6.32. The molecule has 9 heteroatoms. The predicted octanol–water partition coefficient (Wildman–Crippen LogP) is 0.869. The first-order valence-corrected chi connectivity index (χ1v) is 7.93. The first-order chi connectivity index (χ1) is 9.50. The molecule has 1 aliphatic heterocycles. The number of hydrogen-bond donors (Lipinski definition) is 3. The van der Waals surface area contributed by atoms with Gasteiger partial charge in [0.25, 0.3) is 10.1 Å². The lowest BCUT2D eigenvalue weighted by atomic mass is 10.1. The molecule has 1 saturated heterocycles. The van der Waals surface area contributed by atoms with Crippen LogP contribution in [0.2, 0.25) is 0 Å². The number of nitrogens with zero attached hydrogens (tertiary/aromatic N) is 1. The molecule has 0 aromatic heterocycles. The fraction of sp³-hybridized carbons (Fsp3) is 0.538. The van der Waals surface area contributed by atoms with Crippen LogP contribution in [-0.4, -0.2) is 47.5 Å². The summed E-state index contributed by atoms with van der Waals surface area (Å²) in [5, 5.41) is 2.37. The standard InChI is InChI=1S/C7H13NO4S.C6H9NO.H3N/c1-4-6(9)8-7(2,3)5-13(10,11)12;1-2-7-5-3-4-6(7)8;/h4H,1,5H2,2-3H3,(H,8,9)(H,10,11,12);2H,1,3-5H2;1H3. The van der Waals surface area contributed by atoms with E-state index < -0.39 is 27.3 Å². The van der Waals surface area contributed by atoms with Gasteiger partial charge in [-0.3, -0.25) is 14.1 Å². The lowest BCUT2D eigenvalue weighted by Crippen LogP contribution is -2.47. The number of carbonyl (C=O) groups is 2. The Hall–Kier alpha value is -1.71. The van der Waals surface area contributed by atoms with Crippen molar-refractivity contribution < 1.29 is 22.6 Å². The molecule has 128 valence electrons. The summed E-state index contributed by atoms with van der Waals surface area (Å²) in [6.07, 6.45) is 4.32. The number of nitrogens with one attached hydrogen (secondary N) is 1. The summed E-state index contributed by atoms with van der Waals surface area (Å²) in [6.45, 7) is 10.6. The van der Waals surface area contributed by atoms with Gasteiger partial charge >= 0.3 is 0 Å². The Labute approximate surface area is 131 Å². The molecule has 1 rings (SSSR count). The van der Waals surface area contributed by atoms with Gasteiger partial charge in [0.2, 0.25) is 11.8 Å². The fourth-order valence-corrected chi connectivity index (χ4v) is 2.72. The van der Waals surface area contributed by atoms with Crippen molar-refractivity contribution in [2.24, 2.45) is 0 Å². The second-order valence-electron chi connectivity index (χ2n) is 5.18. The highest BCUT2D eigenvalue weighted by Crippen LogP contribution is 2.08. The van der Waals surface area contributed by atoms with E-state index >= 15 is 0 Å². The van der Waals surface area contributed by atoms with E-state index in [1.54, 1.807) is 11.1 Å². The largest absolute Gasteiger partial charge is 0.347 e. The molecule has 0 radical (unpaired) electrons. The molecule has 1 aliphatic rings. The summed E-state index contributed by atoms with van der Waals surface area (Å²) in [5.74, 6) is -0.798. The van der Waals surface area contributed by atoms with Crippen molar-refractivity contribution in [3.63, 3.8) is 0 Å². The maximum absolute atomic E-state index is 10.8. The highest BCUT2D eigenvalue weighted by atomic mass is 32.2. The van der Waals surface area contributed by atoms with Gasteiger partial charge in [-0.15, -0.1) is 0 Å². The van der Waals surface area contributed by atoms with Crippen LogP contribution in [0.1, 0.15) is 26.7 Å². The Morgan fingerprint density at radius 1 is 1.45 bits per heavy atom. The Bertz CT molecular complexity index is 514. The maximum atomic E-state index is 10.8. The van der Waals surface area contributed by atoms with Gasteiger partial charge in [-0.25, -0.2) is 0 Å². The quantitative estimate of drug-likeness (QED) is 0.503. The van der Waals surface area contributed by atoms with Gasteiger partial charge in [-0.1, -0.05) is 13.2 Å². The molecule has 0 unspecified atom stereocenters. The smallest absolute Gasteiger partial charge is 0.267 e. The Balaban J connectivity index is 0. The number of hydrogen-bond acceptors (Lipinski definition) is 5. The van der Waals surface area contributed by atoms with Crippen LogP contribution in [-0.2, 0) is 19.7 Å². The van der Waals surface area contributed by atoms with Crippen molar-refractivity contribution in [3.05, 3.63) is 25.4 Å². The van der Waals surface area contributed by atoms with E-state index in [1.165, 1.54) is 13.8 Å². The Kier molecular flexibility index (Phi) is 9.58. The Morgan fingerprint density at radius 2 is 2.00 bits per heavy atom. The molecule has 8 nitrogen and oxygen atoms in total. The summed E-state index contributed by atoms with van der Waals surface area (Å²) < 4.78 is 29.5. The second-order valence-corrected chi connectivity index (χ2v) is 6.63. The third-order valence-electron chi connectivity index (χ3n) is 2.52. The van der Waals surface area contributed by atoms with Crippen LogP contribution in [0.4, 0.5) is 0 Å². The molecule has 0 aromatic rings. The van der Waals surface area contributed by atoms with Crippen LogP contribution in [0.25, 0.3) is 0 Å². The Morgan fingerprint density at radius 3 is 2.27 bits per heavy atom. The van der Waals surface area contributed by atoms with Gasteiger partial charge in [0, 0.05) is 13.0 Å². The van der Waals surface area contributed by atoms with Gasteiger partial charge in [0.05, 0.1) is 11.3 Å². The first kappa shape index (κ1) is 22.6. The highest BCUT2D eigenvalue weighted by Gasteiger charge is 2.25. The molecule has 22 heavy (non-hydrogen) atoms. The SMILES string of the molecule is C=CC(=O)NC(C)(C)CS(=O)(=O)O.C=CN1CCCC1=O.N. The average Bonchev–Trinajstić information content (AvgIpc) is 2.71. The van der Waals surface area contributed by atoms with Gasteiger partial charge < -0.3 is 16.4 Å². The van der Waals surface area contributed by atoms with Crippen molar-refractivity contribution in [2.45, 2.75) is 32.2 Å². The maximum Gasteiger partial charge on any atom is 0.267 e. The van der Waals surface area contributed by atoms with E-state index in [2.05, 4.69) is 18.5 Å². The summed E-state index contributed by atoms with van der Waals surface area (Å²) in [7, 11) is -4.08. The summed E-state index contributed by atoms with van der Waals surface area (Å²) in [4.78, 5) is 23.1. The fourth-order valence-electron chi connectivity index (χ4n) is 1.74. The van der Waals surface area contributed by atoms with Crippen LogP contribution in [0.3, 0.4) is 0 Å². The summed E-state index contributed by atoms with van der Waals surface area (Å²) in [5.41, 5.74) is -1.00. The third kappa shape index (κ3) is 10.1. The molecule has 1 fully saturated rings. The van der Waals surface area contributed by atoms with E-state index in [9.17, 15) is 18.0 Å². The topological polar surface area (TPSA) is 139 Å². The number of likely N-dealkylation sites (tertiary alicyclic amines) is 1. The van der Waals surface area contributed by atoms with Crippen LogP contribution in [0.5, 0.6) is 0 Å². The zero-order valence-electron chi connectivity index (χ0n) is 13.0. The highest BCUT2D eigenvalue weighted by molar-refractivity contribution is 7.85. The van der Waals surface area contributed by atoms with Crippen molar-refractivity contribution in [1.82, 2.24) is 16.4 Å². The minimum Gasteiger partial charge on any atom is -0.347 e. The van der Waals surface area contributed by atoms with Crippen molar-refractivity contribution in [1.29, 1.82) is 0 Å². The predicted molar refractivity (Wildman–Crippen MR) is 85.0 cm³/mol. The molecule has 0 atom stereocenters. The monoisotopic (exact) mass is 335 g/mol. The molecule has 1 heterocycles. The molecular formula is C13H25N3O5S. The molecule has 0 bridgehead atoms. The van der Waals surface area contributed by atoms with Gasteiger partial charge in [-0.05, 0) is 32.5 Å².